The van der Waals surface area contributed by atoms with Crippen LogP contribution in [0.3, 0.4) is 0 Å². The highest BCUT2D eigenvalue weighted by molar-refractivity contribution is 5.74. The Morgan fingerprint density at radius 1 is 1.43 bits per heavy atom. The highest BCUT2D eigenvalue weighted by Gasteiger charge is 2.53. The maximum absolute atomic E-state index is 12.0. The first-order chi connectivity index (χ1) is 9.61. The van der Waals surface area contributed by atoms with Crippen LogP contribution in [0.15, 0.2) is 0 Å². The van der Waals surface area contributed by atoms with Gasteiger partial charge in [-0.2, -0.15) is 4.80 Å². The quantitative estimate of drug-likeness (QED) is 0.829. The molecule has 0 saturated heterocycles. The number of hydrogen-bond donors (Lipinski definition) is 2. The molecular formula is C12H19N5O4. The minimum atomic E-state index is -0.931. The number of ether oxygens (including phenoxy) is 1. The number of aromatic nitrogens is 4. The van der Waals surface area contributed by atoms with Gasteiger partial charge in [0, 0.05) is 0 Å². The van der Waals surface area contributed by atoms with Crippen molar-refractivity contribution in [2.24, 2.45) is 13.0 Å². The number of carbonyl (C=O) groups excluding carboxylic acids is 1. The van der Waals surface area contributed by atoms with E-state index >= 15 is 0 Å². The lowest BCUT2D eigenvalue weighted by atomic mass is 9.67. The summed E-state index contributed by atoms with van der Waals surface area (Å²) in [6, 6.07) is 0. The highest BCUT2D eigenvalue weighted by Crippen LogP contribution is 2.44. The fraction of sp³-hybridized carbons (Fsp3) is 0.750. The summed E-state index contributed by atoms with van der Waals surface area (Å²) in [5.74, 6) is -1.14. The fourth-order valence-corrected chi connectivity index (χ4v) is 2.27. The first kappa shape index (κ1) is 15.2. The lowest BCUT2D eigenvalue weighted by molar-refractivity contribution is -0.148. The standard InChI is InChI=1S/C12H19N5O4/c1-11(2,3)21-10(20)13-12(5-7(6-12)8(18)19)9-14-16-17(4)15-9/h7H,5-6H2,1-4H3,(H,13,20)(H,18,19). The van der Waals surface area contributed by atoms with E-state index in [1.54, 1.807) is 27.8 Å². The molecular weight excluding hydrogens is 278 g/mol. The summed E-state index contributed by atoms with van der Waals surface area (Å²) in [5.41, 5.74) is -1.57. The summed E-state index contributed by atoms with van der Waals surface area (Å²) >= 11 is 0. The number of amides is 1. The molecule has 2 N–H and O–H groups in total. The molecule has 1 amide bonds. The molecule has 1 aromatic heterocycles. The van der Waals surface area contributed by atoms with Gasteiger partial charge in [-0.25, -0.2) is 4.79 Å². The molecule has 9 heteroatoms. The van der Waals surface area contributed by atoms with Gasteiger partial charge in [0.15, 0.2) is 5.82 Å². The Bertz CT molecular complexity index is 556. The van der Waals surface area contributed by atoms with Gasteiger partial charge in [0.05, 0.1) is 13.0 Å². The van der Waals surface area contributed by atoms with Crippen LogP contribution in [0, 0.1) is 5.92 Å². The van der Waals surface area contributed by atoms with Gasteiger partial charge < -0.3 is 15.2 Å². The number of nitrogens with one attached hydrogen (secondary N) is 1. The van der Waals surface area contributed by atoms with Crippen molar-refractivity contribution < 1.29 is 19.4 Å². The fourth-order valence-electron chi connectivity index (χ4n) is 2.27. The van der Waals surface area contributed by atoms with E-state index in [1.807, 2.05) is 0 Å². The van der Waals surface area contributed by atoms with Gasteiger partial charge in [-0.05, 0) is 38.8 Å². The maximum atomic E-state index is 12.0. The third kappa shape index (κ3) is 3.29. The first-order valence-corrected chi connectivity index (χ1v) is 6.60. The molecule has 2 rings (SSSR count). The van der Waals surface area contributed by atoms with Gasteiger partial charge in [-0.15, -0.1) is 10.2 Å². The Hall–Kier alpha value is -2.19. The van der Waals surface area contributed by atoms with Crippen LogP contribution in [0.4, 0.5) is 4.79 Å². The second-order valence-corrected chi connectivity index (χ2v) is 6.25. The number of carbonyl (C=O) groups is 2. The van der Waals surface area contributed by atoms with Gasteiger partial charge in [-0.1, -0.05) is 0 Å². The molecule has 0 atom stereocenters. The van der Waals surface area contributed by atoms with E-state index in [-0.39, 0.29) is 12.8 Å². The molecule has 1 aromatic rings. The highest BCUT2D eigenvalue weighted by atomic mass is 16.6. The number of aryl methyl sites for hydroxylation is 1. The number of rotatable bonds is 3. The molecule has 1 fully saturated rings. The smallest absolute Gasteiger partial charge is 0.408 e. The predicted octanol–water partition coefficient (Wildman–Crippen LogP) is 0.425. The van der Waals surface area contributed by atoms with Crippen molar-refractivity contribution >= 4 is 12.1 Å². The Morgan fingerprint density at radius 3 is 2.48 bits per heavy atom. The van der Waals surface area contributed by atoms with E-state index in [2.05, 4.69) is 20.7 Å². The molecule has 1 aliphatic carbocycles. The average molecular weight is 297 g/mol. The van der Waals surface area contributed by atoms with Crippen LogP contribution in [-0.4, -0.2) is 43.0 Å². The molecule has 1 heterocycles. The van der Waals surface area contributed by atoms with Crippen LogP contribution in [0.1, 0.15) is 39.4 Å². The second-order valence-electron chi connectivity index (χ2n) is 6.25. The first-order valence-electron chi connectivity index (χ1n) is 6.60. The minimum absolute atomic E-state index is 0.216. The van der Waals surface area contributed by atoms with E-state index in [1.165, 1.54) is 4.80 Å². The van der Waals surface area contributed by atoms with E-state index < -0.39 is 29.1 Å². The summed E-state index contributed by atoms with van der Waals surface area (Å²) in [6.07, 6.45) is -0.195. The van der Waals surface area contributed by atoms with Crippen molar-refractivity contribution in [2.45, 2.75) is 44.8 Å². The molecule has 9 nitrogen and oxygen atoms in total. The molecule has 0 bridgehead atoms. The Morgan fingerprint density at radius 2 is 2.05 bits per heavy atom. The lowest BCUT2D eigenvalue weighted by Crippen LogP contribution is -2.57. The zero-order valence-electron chi connectivity index (χ0n) is 12.5. The van der Waals surface area contributed by atoms with Crippen LogP contribution in [0.25, 0.3) is 0 Å². The van der Waals surface area contributed by atoms with Gasteiger partial charge in [0.2, 0.25) is 0 Å². The zero-order chi connectivity index (χ0) is 15.8. The van der Waals surface area contributed by atoms with Gasteiger partial charge in [0.1, 0.15) is 11.1 Å². The second kappa shape index (κ2) is 4.97. The third-order valence-electron chi connectivity index (χ3n) is 3.22. The molecule has 0 aliphatic heterocycles. The van der Waals surface area contributed by atoms with E-state index in [0.29, 0.717) is 5.82 Å². The van der Waals surface area contributed by atoms with Crippen LogP contribution in [0.2, 0.25) is 0 Å². The number of alkyl carbamates (subject to hydrolysis) is 1. The van der Waals surface area contributed by atoms with Crippen molar-refractivity contribution in [1.29, 1.82) is 0 Å². The predicted molar refractivity (Wildman–Crippen MR) is 70.2 cm³/mol. The summed E-state index contributed by atoms with van der Waals surface area (Å²) in [5, 5.41) is 23.4. The minimum Gasteiger partial charge on any atom is -0.481 e. The van der Waals surface area contributed by atoms with Crippen LogP contribution in [0.5, 0.6) is 0 Å². The van der Waals surface area contributed by atoms with E-state index in [0.717, 1.165) is 0 Å². The maximum Gasteiger partial charge on any atom is 0.408 e. The number of carboxylic acids is 1. The van der Waals surface area contributed by atoms with Crippen LogP contribution < -0.4 is 5.32 Å². The van der Waals surface area contributed by atoms with E-state index in [4.69, 9.17) is 9.84 Å². The monoisotopic (exact) mass is 297 g/mol. The van der Waals surface area contributed by atoms with Gasteiger partial charge in [-0.3, -0.25) is 4.79 Å². The molecule has 0 spiro atoms. The summed E-state index contributed by atoms with van der Waals surface area (Å²) in [4.78, 5) is 24.2. The molecule has 21 heavy (non-hydrogen) atoms. The molecule has 0 aromatic carbocycles. The van der Waals surface area contributed by atoms with Gasteiger partial charge in [0.25, 0.3) is 0 Å². The topological polar surface area (TPSA) is 119 Å². The SMILES string of the molecule is Cn1nnc(C2(NC(=O)OC(C)(C)C)CC(C(=O)O)C2)n1. The molecule has 1 aliphatic rings. The number of carboxylic acid groups (broad SMARTS) is 1. The molecule has 116 valence electrons. The van der Waals surface area contributed by atoms with Crippen LogP contribution >= 0.6 is 0 Å². The van der Waals surface area contributed by atoms with Gasteiger partial charge >= 0.3 is 12.1 Å². The number of hydrogen-bond acceptors (Lipinski definition) is 6. The zero-order valence-corrected chi connectivity index (χ0v) is 12.5. The van der Waals surface area contributed by atoms with Crippen molar-refractivity contribution in [3.63, 3.8) is 0 Å². The third-order valence-corrected chi connectivity index (χ3v) is 3.22. The number of tetrazole rings is 1. The Balaban J connectivity index is 2.15. The average Bonchev–Trinajstić information content (AvgIpc) is 2.66. The Kier molecular flexibility index (Phi) is 3.60. The molecule has 1 saturated carbocycles. The lowest BCUT2D eigenvalue weighted by Gasteiger charge is -2.43. The van der Waals surface area contributed by atoms with Crippen molar-refractivity contribution in [3.8, 4) is 0 Å². The molecule has 0 unspecified atom stereocenters. The normalized spacial score (nSPS) is 25.0. The Labute approximate surface area is 121 Å². The summed E-state index contributed by atoms with van der Waals surface area (Å²) in [6.45, 7) is 5.25. The van der Waals surface area contributed by atoms with E-state index in [9.17, 15) is 9.59 Å². The van der Waals surface area contributed by atoms with Crippen molar-refractivity contribution in [1.82, 2.24) is 25.5 Å². The van der Waals surface area contributed by atoms with Crippen molar-refractivity contribution in [3.05, 3.63) is 5.82 Å². The van der Waals surface area contributed by atoms with Crippen LogP contribution in [-0.2, 0) is 22.1 Å². The number of aliphatic carboxylic acids is 1. The van der Waals surface area contributed by atoms with Crippen molar-refractivity contribution in [2.75, 3.05) is 0 Å². The number of nitrogens with zero attached hydrogens (tertiary/aromatic N) is 4. The molecule has 0 radical (unpaired) electrons. The largest absolute Gasteiger partial charge is 0.481 e. The summed E-state index contributed by atoms with van der Waals surface area (Å²) in [7, 11) is 1.60. The summed E-state index contributed by atoms with van der Waals surface area (Å²) < 4.78 is 5.21.